The van der Waals surface area contributed by atoms with Crippen LogP contribution in [0.4, 0.5) is 4.79 Å². The van der Waals surface area contributed by atoms with Crippen LogP contribution in [0.25, 0.3) is 0 Å². The van der Waals surface area contributed by atoms with E-state index in [4.69, 9.17) is 4.74 Å². The number of carbonyl (C=O) groups is 3. The molecule has 2 unspecified atom stereocenters. The van der Waals surface area contributed by atoms with Crippen LogP contribution in [0.5, 0.6) is 0 Å². The molecule has 0 aliphatic heterocycles. The van der Waals surface area contributed by atoms with Crippen molar-refractivity contribution in [2.75, 3.05) is 6.54 Å². The number of benzene rings is 1. The minimum absolute atomic E-state index is 0.325. The quantitative estimate of drug-likeness (QED) is 0.652. The third kappa shape index (κ3) is 8.58. The molecule has 32 heavy (non-hydrogen) atoms. The van der Waals surface area contributed by atoms with Crippen LogP contribution in [-0.4, -0.2) is 46.5 Å². The summed E-state index contributed by atoms with van der Waals surface area (Å²) < 4.78 is 5.22. The number of nitrogens with one attached hydrogen (secondary N) is 2. The smallest absolute Gasteiger partial charge is 0.408 e. The van der Waals surface area contributed by atoms with E-state index in [9.17, 15) is 19.6 Å². The minimum Gasteiger partial charge on any atom is -0.444 e. The number of hydrogen-bond acceptors (Lipinski definition) is 5. The van der Waals surface area contributed by atoms with Crippen molar-refractivity contribution >= 4 is 17.9 Å². The zero-order chi connectivity index (χ0) is 24.9. The van der Waals surface area contributed by atoms with Gasteiger partial charge in [0, 0.05) is 5.54 Å². The maximum atomic E-state index is 13.3. The monoisotopic (exact) mass is 444 g/mol. The lowest BCUT2D eigenvalue weighted by Gasteiger charge is -2.34. The topological polar surface area (TPSA) is 112 Å². The standard InChI is InChI=1S/C24H36N4O4/c1-15-12-16(2)14-18(13-15)19(20(29)27-23(4,5)6)28(11-10-25)21(30)17(3)26-22(31)32-24(7,8)9/h12-14,17,19H,11H2,1-9H3,(H,26,31)(H,27,29). The Morgan fingerprint density at radius 2 is 1.59 bits per heavy atom. The highest BCUT2D eigenvalue weighted by Gasteiger charge is 2.36. The van der Waals surface area contributed by atoms with Crippen LogP contribution in [0.15, 0.2) is 18.2 Å². The van der Waals surface area contributed by atoms with Gasteiger partial charge in [-0.2, -0.15) is 5.26 Å². The summed E-state index contributed by atoms with van der Waals surface area (Å²) >= 11 is 0. The summed E-state index contributed by atoms with van der Waals surface area (Å²) in [6.07, 6.45) is -0.752. The van der Waals surface area contributed by atoms with Gasteiger partial charge in [0.2, 0.25) is 11.8 Å². The fourth-order valence-corrected chi connectivity index (χ4v) is 3.25. The number of ether oxygens (including phenoxy) is 1. The molecule has 0 aliphatic carbocycles. The zero-order valence-electron chi connectivity index (χ0n) is 20.6. The number of rotatable bonds is 6. The first-order valence-electron chi connectivity index (χ1n) is 10.6. The Balaban J connectivity index is 3.37. The lowest BCUT2D eigenvalue weighted by atomic mass is 9.97. The summed E-state index contributed by atoms with van der Waals surface area (Å²) in [5, 5.41) is 14.8. The molecule has 8 heteroatoms. The van der Waals surface area contributed by atoms with Crippen LogP contribution in [-0.2, 0) is 14.3 Å². The van der Waals surface area contributed by atoms with Crippen molar-refractivity contribution in [1.29, 1.82) is 5.26 Å². The Hall–Kier alpha value is -3.08. The van der Waals surface area contributed by atoms with E-state index in [0.717, 1.165) is 11.1 Å². The molecule has 0 bridgehead atoms. The average Bonchev–Trinajstić information content (AvgIpc) is 2.56. The highest BCUT2D eigenvalue weighted by molar-refractivity contribution is 5.92. The van der Waals surface area contributed by atoms with Crippen molar-refractivity contribution in [1.82, 2.24) is 15.5 Å². The molecule has 0 aliphatic rings. The van der Waals surface area contributed by atoms with Gasteiger partial charge in [-0.05, 0) is 67.9 Å². The first kappa shape index (κ1) is 27.0. The molecule has 8 nitrogen and oxygen atoms in total. The van der Waals surface area contributed by atoms with Crippen molar-refractivity contribution in [2.24, 2.45) is 0 Å². The molecule has 0 heterocycles. The lowest BCUT2D eigenvalue weighted by Crippen LogP contribution is -2.54. The van der Waals surface area contributed by atoms with Crippen molar-refractivity contribution < 1.29 is 19.1 Å². The molecule has 0 saturated carbocycles. The average molecular weight is 445 g/mol. The number of hydrogen-bond donors (Lipinski definition) is 2. The van der Waals surface area contributed by atoms with Crippen molar-refractivity contribution in [3.8, 4) is 6.07 Å². The molecule has 2 N–H and O–H groups in total. The molecule has 0 fully saturated rings. The first-order valence-corrected chi connectivity index (χ1v) is 10.6. The Morgan fingerprint density at radius 3 is 2.03 bits per heavy atom. The Labute approximate surface area is 191 Å². The van der Waals surface area contributed by atoms with E-state index in [-0.39, 0.29) is 6.54 Å². The van der Waals surface area contributed by atoms with Gasteiger partial charge in [0.1, 0.15) is 24.2 Å². The van der Waals surface area contributed by atoms with Gasteiger partial charge in [-0.25, -0.2) is 4.79 Å². The molecular weight excluding hydrogens is 408 g/mol. The van der Waals surface area contributed by atoms with Gasteiger partial charge < -0.3 is 20.3 Å². The molecule has 0 radical (unpaired) electrons. The van der Waals surface area contributed by atoms with E-state index < -0.39 is 41.1 Å². The molecule has 1 aromatic rings. The predicted molar refractivity (Wildman–Crippen MR) is 123 cm³/mol. The van der Waals surface area contributed by atoms with Crippen LogP contribution in [0.1, 0.15) is 71.2 Å². The normalized spacial score (nSPS) is 13.4. The van der Waals surface area contributed by atoms with Crippen LogP contribution in [0.3, 0.4) is 0 Å². The summed E-state index contributed by atoms with van der Waals surface area (Å²) in [7, 11) is 0. The van der Waals surface area contributed by atoms with Gasteiger partial charge in [-0.3, -0.25) is 9.59 Å². The maximum Gasteiger partial charge on any atom is 0.408 e. The molecule has 3 amide bonds. The Morgan fingerprint density at radius 1 is 1.06 bits per heavy atom. The molecule has 0 saturated heterocycles. The van der Waals surface area contributed by atoms with Crippen molar-refractivity contribution in [3.63, 3.8) is 0 Å². The van der Waals surface area contributed by atoms with E-state index >= 15 is 0 Å². The molecule has 0 aromatic heterocycles. The van der Waals surface area contributed by atoms with Gasteiger partial charge in [-0.1, -0.05) is 29.3 Å². The van der Waals surface area contributed by atoms with E-state index in [1.54, 1.807) is 20.8 Å². The van der Waals surface area contributed by atoms with Gasteiger partial charge in [0.15, 0.2) is 0 Å². The van der Waals surface area contributed by atoms with E-state index in [1.807, 2.05) is 58.9 Å². The van der Waals surface area contributed by atoms with Crippen molar-refractivity contribution in [3.05, 3.63) is 34.9 Å². The summed E-state index contributed by atoms with van der Waals surface area (Å²) in [6, 6.07) is 5.54. The number of amides is 3. The number of nitrogens with zero attached hydrogens (tertiary/aromatic N) is 2. The Kier molecular flexibility index (Phi) is 8.84. The number of carbonyl (C=O) groups excluding carboxylic acids is 3. The van der Waals surface area contributed by atoms with Crippen molar-refractivity contribution in [2.45, 2.75) is 85.5 Å². The Bertz CT molecular complexity index is 870. The third-order valence-electron chi connectivity index (χ3n) is 4.25. The molecule has 0 spiro atoms. The zero-order valence-corrected chi connectivity index (χ0v) is 20.6. The number of nitriles is 1. The molecule has 176 valence electrons. The van der Waals surface area contributed by atoms with Gasteiger partial charge in [-0.15, -0.1) is 0 Å². The second-order valence-corrected chi connectivity index (χ2v) is 10.1. The van der Waals surface area contributed by atoms with Crippen LogP contribution < -0.4 is 10.6 Å². The number of aryl methyl sites for hydroxylation is 2. The predicted octanol–water partition coefficient (Wildman–Crippen LogP) is 3.52. The van der Waals surface area contributed by atoms with Crippen LogP contribution in [0, 0.1) is 25.2 Å². The molecule has 1 rings (SSSR count). The van der Waals surface area contributed by atoms with E-state index in [1.165, 1.54) is 11.8 Å². The van der Waals surface area contributed by atoms with Crippen LogP contribution >= 0.6 is 0 Å². The van der Waals surface area contributed by atoms with E-state index in [0.29, 0.717) is 5.56 Å². The number of alkyl carbamates (subject to hydrolysis) is 1. The fourth-order valence-electron chi connectivity index (χ4n) is 3.25. The maximum absolute atomic E-state index is 13.3. The molecule has 1 aromatic carbocycles. The SMILES string of the molecule is Cc1cc(C)cc(C(C(=O)NC(C)(C)C)N(CC#N)C(=O)C(C)NC(=O)OC(C)(C)C)c1. The second kappa shape index (κ2) is 10.5. The second-order valence-electron chi connectivity index (χ2n) is 10.1. The fraction of sp³-hybridized carbons (Fsp3) is 0.583. The summed E-state index contributed by atoms with van der Waals surface area (Å²) in [5.41, 5.74) is 1.18. The third-order valence-corrected chi connectivity index (χ3v) is 4.25. The largest absolute Gasteiger partial charge is 0.444 e. The molecular formula is C24H36N4O4. The summed E-state index contributed by atoms with van der Waals surface area (Å²) in [6.45, 7) is 15.6. The lowest BCUT2D eigenvalue weighted by molar-refractivity contribution is -0.142. The summed E-state index contributed by atoms with van der Waals surface area (Å²) in [5.74, 6) is -0.971. The summed E-state index contributed by atoms with van der Waals surface area (Å²) in [4.78, 5) is 40.0. The first-order chi connectivity index (χ1) is 14.5. The van der Waals surface area contributed by atoms with Gasteiger partial charge in [0.25, 0.3) is 0 Å². The minimum atomic E-state index is -1.04. The highest BCUT2D eigenvalue weighted by Crippen LogP contribution is 2.25. The van der Waals surface area contributed by atoms with Gasteiger partial charge >= 0.3 is 6.09 Å². The van der Waals surface area contributed by atoms with E-state index in [2.05, 4.69) is 10.6 Å². The highest BCUT2D eigenvalue weighted by atomic mass is 16.6. The molecule has 2 atom stereocenters. The van der Waals surface area contributed by atoms with Crippen LogP contribution in [0.2, 0.25) is 0 Å². The van der Waals surface area contributed by atoms with Gasteiger partial charge in [0.05, 0.1) is 6.07 Å².